The Morgan fingerprint density at radius 3 is 2.52 bits per heavy atom. The lowest BCUT2D eigenvalue weighted by Crippen LogP contribution is -2.49. The van der Waals surface area contributed by atoms with Gasteiger partial charge in [0.05, 0.1) is 5.69 Å². The lowest BCUT2D eigenvalue weighted by atomic mass is 10.2. The van der Waals surface area contributed by atoms with Crippen molar-refractivity contribution in [2.24, 2.45) is 0 Å². The van der Waals surface area contributed by atoms with Crippen molar-refractivity contribution < 1.29 is 4.79 Å². The van der Waals surface area contributed by atoms with E-state index in [2.05, 4.69) is 16.8 Å². The summed E-state index contributed by atoms with van der Waals surface area (Å²) in [6, 6.07) is 9.92. The van der Waals surface area contributed by atoms with E-state index in [9.17, 15) is 4.79 Å². The molecule has 0 unspecified atom stereocenters. The number of imidazole rings is 1. The Balaban J connectivity index is 1.70. The standard InChI is InChI=1S/C16H20N4O/c1-2-18-8-10-19(11-9-18)16(21)20-12-15(17-13-20)14-6-4-3-5-7-14/h3-7,12-13H,2,8-11H2,1H3. The van der Waals surface area contributed by atoms with Crippen LogP contribution < -0.4 is 0 Å². The number of amides is 1. The molecule has 1 fully saturated rings. The first-order valence-electron chi connectivity index (χ1n) is 7.39. The maximum Gasteiger partial charge on any atom is 0.329 e. The van der Waals surface area contributed by atoms with Gasteiger partial charge in [-0.05, 0) is 6.54 Å². The lowest BCUT2D eigenvalue weighted by molar-refractivity contribution is 0.144. The first-order chi connectivity index (χ1) is 10.3. The molecule has 1 saturated heterocycles. The van der Waals surface area contributed by atoms with Crippen molar-refractivity contribution in [2.45, 2.75) is 6.92 Å². The van der Waals surface area contributed by atoms with Gasteiger partial charge in [0, 0.05) is 37.9 Å². The van der Waals surface area contributed by atoms with Crippen LogP contribution in [0.2, 0.25) is 0 Å². The Hall–Kier alpha value is -2.14. The number of piperazine rings is 1. The van der Waals surface area contributed by atoms with Crippen molar-refractivity contribution in [2.75, 3.05) is 32.7 Å². The number of carbonyl (C=O) groups excluding carboxylic acids is 1. The van der Waals surface area contributed by atoms with Gasteiger partial charge in [-0.25, -0.2) is 9.78 Å². The van der Waals surface area contributed by atoms with Crippen LogP contribution >= 0.6 is 0 Å². The Morgan fingerprint density at radius 2 is 1.86 bits per heavy atom. The molecule has 1 amide bonds. The topological polar surface area (TPSA) is 41.4 Å². The third kappa shape index (κ3) is 2.97. The van der Waals surface area contributed by atoms with Gasteiger partial charge in [-0.15, -0.1) is 0 Å². The molecule has 5 nitrogen and oxygen atoms in total. The van der Waals surface area contributed by atoms with Gasteiger partial charge in [0.1, 0.15) is 6.33 Å². The van der Waals surface area contributed by atoms with Gasteiger partial charge < -0.3 is 9.80 Å². The number of nitrogens with zero attached hydrogens (tertiary/aromatic N) is 4. The first-order valence-corrected chi connectivity index (χ1v) is 7.39. The van der Waals surface area contributed by atoms with Crippen molar-refractivity contribution in [3.05, 3.63) is 42.9 Å². The fourth-order valence-corrected chi connectivity index (χ4v) is 2.60. The van der Waals surface area contributed by atoms with Crippen LogP contribution in [-0.2, 0) is 0 Å². The van der Waals surface area contributed by atoms with Crippen molar-refractivity contribution >= 4 is 6.03 Å². The molecule has 110 valence electrons. The summed E-state index contributed by atoms with van der Waals surface area (Å²) in [5.41, 5.74) is 1.86. The molecule has 1 aromatic heterocycles. The highest BCUT2D eigenvalue weighted by Gasteiger charge is 2.21. The lowest BCUT2D eigenvalue weighted by Gasteiger charge is -2.33. The van der Waals surface area contributed by atoms with Crippen LogP contribution in [0, 0.1) is 0 Å². The molecule has 0 radical (unpaired) electrons. The second-order valence-electron chi connectivity index (χ2n) is 5.24. The smallest absolute Gasteiger partial charge is 0.321 e. The molecule has 0 N–H and O–H groups in total. The van der Waals surface area contributed by atoms with Crippen LogP contribution in [0.4, 0.5) is 4.79 Å². The van der Waals surface area contributed by atoms with Gasteiger partial charge >= 0.3 is 6.03 Å². The Bertz CT molecular complexity index is 600. The molecule has 0 bridgehead atoms. The molecule has 3 rings (SSSR count). The van der Waals surface area contributed by atoms with E-state index in [1.54, 1.807) is 10.9 Å². The maximum atomic E-state index is 12.5. The van der Waals surface area contributed by atoms with Gasteiger partial charge in [0.15, 0.2) is 0 Å². The van der Waals surface area contributed by atoms with Crippen LogP contribution in [0.1, 0.15) is 6.92 Å². The summed E-state index contributed by atoms with van der Waals surface area (Å²) in [5, 5.41) is 0. The quantitative estimate of drug-likeness (QED) is 0.848. The average Bonchev–Trinajstić information content (AvgIpc) is 3.05. The second kappa shape index (κ2) is 6.10. The number of benzene rings is 1. The van der Waals surface area contributed by atoms with Crippen molar-refractivity contribution in [3.63, 3.8) is 0 Å². The number of likely N-dealkylation sites (N-methyl/N-ethyl adjacent to an activating group) is 1. The molecule has 5 heteroatoms. The number of hydrogen-bond acceptors (Lipinski definition) is 3. The van der Waals surface area contributed by atoms with Gasteiger partial charge in [-0.3, -0.25) is 4.57 Å². The molecule has 21 heavy (non-hydrogen) atoms. The summed E-state index contributed by atoms with van der Waals surface area (Å²) in [4.78, 5) is 21.1. The number of hydrogen-bond donors (Lipinski definition) is 0. The molecular weight excluding hydrogens is 264 g/mol. The van der Waals surface area contributed by atoms with Crippen molar-refractivity contribution in [3.8, 4) is 11.3 Å². The fourth-order valence-electron chi connectivity index (χ4n) is 2.60. The molecule has 1 aliphatic rings. The predicted octanol–water partition coefficient (Wildman–Crippen LogP) is 2.16. The van der Waals surface area contributed by atoms with Crippen LogP contribution in [0.15, 0.2) is 42.9 Å². The Morgan fingerprint density at radius 1 is 1.14 bits per heavy atom. The molecule has 2 heterocycles. The van der Waals surface area contributed by atoms with E-state index in [-0.39, 0.29) is 6.03 Å². The highest BCUT2D eigenvalue weighted by Crippen LogP contribution is 2.16. The SMILES string of the molecule is CCN1CCN(C(=O)n2cnc(-c3ccccc3)c2)CC1. The summed E-state index contributed by atoms with van der Waals surface area (Å²) < 4.78 is 1.59. The van der Waals surface area contributed by atoms with Crippen LogP contribution in [0.5, 0.6) is 0 Å². The van der Waals surface area contributed by atoms with Gasteiger partial charge in [0.25, 0.3) is 0 Å². The third-order valence-corrected chi connectivity index (χ3v) is 3.96. The number of carbonyl (C=O) groups is 1. The summed E-state index contributed by atoms with van der Waals surface area (Å²) in [5.74, 6) is 0. The van der Waals surface area contributed by atoms with E-state index in [0.29, 0.717) is 0 Å². The van der Waals surface area contributed by atoms with Crippen LogP contribution in [0.25, 0.3) is 11.3 Å². The number of aromatic nitrogens is 2. The summed E-state index contributed by atoms with van der Waals surface area (Å²) >= 11 is 0. The summed E-state index contributed by atoms with van der Waals surface area (Å²) in [6.07, 6.45) is 3.42. The summed E-state index contributed by atoms with van der Waals surface area (Å²) in [7, 11) is 0. The molecule has 0 atom stereocenters. The summed E-state index contributed by atoms with van der Waals surface area (Å²) in [6.45, 7) is 6.66. The molecule has 0 spiro atoms. The van der Waals surface area contributed by atoms with E-state index < -0.39 is 0 Å². The van der Waals surface area contributed by atoms with Gasteiger partial charge in [0.2, 0.25) is 0 Å². The average molecular weight is 284 g/mol. The number of rotatable bonds is 2. The minimum atomic E-state index is 0.0143. The molecule has 1 aromatic carbocycles. The zero-order valence-electron chi connectivity index (χ0n) is 12.3. The van der Waals surface area contributed by atoms with Crippen molar-refractivity contribution in [1.29, 1.82) is 0 Å². The normalized spacial score (nSPS) is 16.1. The largest absolute Gasteiger partial charge is 0.329 e. The van der Waals surface area contributed by atoms with E-state index in [0.717, 1.165) is 44.0 Å². The predicted molar refractivity (Wildman–Crippen MR) is 82.1 cm³/mol. The van der Waals surface area contributed by atoms with E-state index in [1.165, 1.54) is 0 Å². The van der Waals surface area contributed by atoms with Crippen molar-refractivity contribution in [1.82, 2.24) is 19.4 Å². The van der Waals surface area contributed by atoms with Gasteiger partial charge in [-0.1, -0.05) is 37.3 Å². The first kappa shape index (κ1) is 13.8. The fraction of sp³-hybridized carbons (Fsp3) is 0.375. The Kier molecular flexibility index (Phi) is 4.01. The van der Waals surface area contributed by atoms with Gasteiger partial charge in [-0.2, -0.15) is 0 Å². The molecule has 0 saturated carbocycles. The van der Waals surface area contributed by atoms with E-state index in [4.69, 9.17) is 0 Å². The molecular formula is C16H20N4O. The maximum absolute atomic E-state index is 12.5. The highest BCUT2D eigenvalue weighted by atomic mass is 16.2. The minimum Gasteiger partial charge on any atom is -0.321 e. The van der Waals surface area contributed by atoms with E-state index in [1.807, 2.05) is 41.4 Å². The highest BCUT2D eigenvalue weighted by molar-refractivity contribution is 5.78. The van der Waals surface area contributed by atoms with Crippen LogP contribution in [0.3, 0.4) is 0 Å². The third-order valence-electron chi connectivity index (χ3n) is 3.96. The monoisotopic (exact) mass is 284 g/mol. The zero-order chi connectivity index (χ0) is 14.7. The van der Waals surface area contributed by atoms with E-state index >= 15 is 0 Å². The zero-order valence-corrected chi connectivity index (χ0v) is 12.3. The molecule has 0 aliphatic carbocycles. The molecule has 2 aromatic rings. The van der Waals surface area contributed by atoms with Crippen LogP contribution in [-0.4, -0.2) is 58.1 Å². The molecule has 1 aliphatic heterocycles. The second-order valence-corrected chi connectivity index (χ2v) is 5.24. The Labute approximate surface area is 124 Å². The minimum absolute atomic E-state index is 0.0143.